The summed E-state index contributed by atoms with van der Waals surface area (Å²) < 4.78 is 0. The van der Waals surface area contributed by atoms with Crippen molar-refractivity contribution >= 4 is 17.1 Å². The van der Waals surface area contributed by atoms with E-state index in [0.29, 0.717) is 0 Å². The molecule has 0 bridgehead atoms. The third kappa shape index (κ3) is 2.23. The SMILES string of the molecule is c1ccc2c(c1)Cc1c-2ccc2c1Cc1c3c(cc4c1N2c1cccnc1C4)Cc1ccccc1-3. The van der Waals surface area contributed by atoms with Crippen LogP contribution in [0.4, 0.5) is 17.1 Å². The minimum Gasteiger partial charge on any atom is -0.308 e. The molecule has 0 amide bonds. The molecule has 0 unspecified atom stereocenters. The molecule has 2 aliphatic carbocycles. The first kappa shape index (κ1) is 18.2. The van der Waals surface area contributed by atoms with Gasteiger partial charge in [-0.2, -0.15) is 0 Å². The van der Waals surface area contributed by atoms with E-state index >= 15 is 0 Å². The summed E-state index contributed by atoms with van der Waals surface area (Å²) in [7, 11) is 0. The van der Waals surface area contributed by atoms with Gasteiger partial charge in [0.1, 0.15) is 0 Å². The van der Waals surface area contributed by atoms with E-state index in [0.717, 1.165) is 25.7 Å². The zero-order chi connectivity index (χ0) is 22.7. The summed E-state index contributed by atoms with van der Waals surface area (Å²) in [5.41, 5.74) is 21.2. The van der Waals surface area contributed by atoms with Crippen LogP contribution in [0.25, 0.3) is 22.3 Å². The molecule has 35 heavy (non-hydrogen) atoms. The second-order valence-corrected chi connectivity index (χ2v) is 10.3. The van der Waals surface area contributed by atoms with Gasteiger partial charge in [-0.25, -0.2) is 0 Å². The van der Waals surface area contributed by atoms with E-state index in [4.69, 9.17) is 4.98 Å². The fourth-order valence-electron chi connectivity index (χ4n) is 7.21. The van der Waals surface area contributed by atoms with Gasteiger partial charge in [0.25, 0.3) is 0 Å². The lowest BCUT2D eigenvalue weighted by Gasteiger charge is -2.40. The van der Waals surface area contributed by atoms with Crippen LogP contribution in [-0.4, -0.2) is 4.98 Å². The van der Waals surface area contributed by atoms with E-state index in [2.05, 4.69) is 83.8 Å². The molecule has 0 saturated heterocycles. The smallest absolute Gasteiger partial charge is 0.0688 e. The average molecular weight is 447 g/mol. The summed E-state index contributed by atoms with van der Waals surface area (Å²) in [5, 5.41) is 0. The van der Waals surface area contributed by atoms with Crippen LogP contribution >= 0.6 is 0 Å². The number of fused-ring (bicyclic) bond motifs is 12. The average Bonchev–Trinajstić information content (AvgIpc) is 3.47. The molecule has 0 saturated carbocycles. The van der Waals surface area contributed by atoms with Crippen LogP contribution in [-0.2, 0) is 25.7 Å². The molecule has 2 nitrogen and oxygen atoms in total. The largest absolute Gasteiger partial charge is 0.308 e. The third-order valence-corrected chi connectivity index (χ3v) is 8.59. The molecule has 3 heterocycles. The molecule has 0 N–H and O–H groups in total. The predicted octanol–water partition coefficient (Wildman–Crippen LogP) is 7.50. The molecule has 164 valence electrons. The number of rotatable bonds is 0. The lowest BCUT2D eigenvalue weighted by molar-refractivity contribution is 0.960. The summed E-state index contributed by atoms with van der Waals surface area (Å²) in [5.74, 6) is 0. The predicted molar refractivity (Wildman–Crippen MR) is 141 cm³/mol. The molecule has 4 aromatic carbocycles. The van der Waals surface area contributed by atoms with Crippen LogP contribution in [0.1, 0.15) is 44.6 Å². The Labute approximate surface area is 204 Å². The fourth-order valence-corrected chi connectivity index (χ4v) is 7.21. The number of pyridine rings is 1. The van der Waals surface area contributed by atoms with Gasteiger partial charge in [-0.3, -0.25) is 4.98 Å². The maximum atomic E-state index is 4.84. The summed E-state index contributed by atoms with van der Waals surface area (Å²) >= 11 is 0. The van der Waals surface area contributed by atoms with Gasteiger partial charge in [-0.1, -0.05) is 60.7 Å². The summed E-state index contributed by atoms with van der Waals surface area (Å²) in [6, 6.07) is 29.5. The molecule has 0 fully saturated rings. The highest BCUT2D eigenvalue weighted by Gasteiger charge is 2.38. The maximum Gasteiger partial charge on any atom is 0.0688 e. The van der Waals surface area contributed by atoms with Crippen LogP contribution in [0.5, 0.6) is 0 Å². The first-order valence-corrected chi connectivity index (χ1v) is 12.6. The van der Waals surface area contributed by atoms with Gasteiger partial charge in [-0.15, -0.1) is 0 Å². The molecule has 0 atom stereocenters. The van der Waals surface area contributed by atoms with E-state index in [1.165, 1.54) is 84.0 Å². The van der Waals surface area contributed by atoms with Crippen molar-refractivity contribution in [1.82, 2.24) is 4.98 Å². The van der Waals surface area contributed by atoms with Crippen molar-refractivity contribution < 1.29 is 0 Å². The zero-order valence-corrected chi connectivity index (χ0v) is 19.3. The molecule has 2 aliphatic heterocycles. The Hall–Kier alpha value is -4.17. The molecule has 1 aromatic heterocycles. The second-order valence-electron chi connectivity index (χ2n) is 10.3. The highest BCUT2D eigenvalue weighted by molar-refractivity contribution is 5.97. The number of nitrogens with zero attached hydrogens (tertiary/aromatic N) is 2. The van der Waals surface area contributed by atoms with Crippen molar-refractivity contribution in [1.29, 1.82) is 0 Å². The van der Waals surface area contributed by atoms with Gasteiger partial charge in [0.05, 0.1) is 22.8 Å². The van der Waals surface area contributed by atoms with Crippen molar-refractivity contribution in [2.45, 2.75) is 25.7 Å². The monoisotopic (exact) mass is 446 g/mol. The highest BCUT2D eigenvalue weighted by atomic mass is 15.2. The second kappa shape index (κ2) is 6.28. The lowest BCUT2D eigenvalue weighted by Crippen LogP contribution is -2.26. The lowest BCUT2D eigenvalue weighted by atomic mass is 9.81. The van der Waals surface area contributed by atoms with Crippen LogP contribution in [0.2, 0.25) is 0 Å². The van der Waals surface area contributed by atoms with Gasteiger partial charge >= 0.3 is 0 Å². The number of aromatic nitrogens is 1. The Bertz CT molecular complexity index is 1760. The number of anilines is 3. The van der Waals surface area contributed by atoms with Crippen LogP contribution < -0.4 is 4.90 Å². The van der Waals surface area contributed by atoms with Crippen LogP contribution in [0, 0.1) is 0 Å². The number of hydrogen-bond acceptors (Lipinski definition) is 2. The van der Waals surface area contributed by atoms with E-state index < -0.39 is 0 Å². The Morgan fingerprint density at radius 1 is 0.543 bits per heavy atom. The van der Waals surface area contributed by atoms with Crippen molar-refractivity contribution in [2.75, 3.05) is 4.90 Å². The van der Waals surface area contributed by atoms with Crippen molar-refractivity contribution in [3.05, 3.63) is 130 Å². The van der Waals surface area contributed by atoms with E-state index in [1.807, 2.05) is 6.20 Å². The highest BCUT2D eigenvalue weighted by Crippen LogP contribution is 2.56. The van der Waals surface area contributed by atoms with Gasteiger partial charge < -0.3 is 4.90 Å². The van der Waals surface area contributed by atoms with Crippen LogP contribution in [0.15, 0.2) is 85.1 Å². The fraction of sp³-hybridized carbons (Fsp3) is 0.121. The maximum absolute atomic E-state index is 4.84. The van der Waals surface area contributed by atoms with E-state index in [9.17, 15) is 0 Å². The summed E-state index contributed by atoms with van der Waals surface area (Å²) in [6.45, 7) is 0. The third-order valence-electron chi connectivity index (χ3n) is 8.59. The standard InChI is InChI=1S/C33H22N2/c1-3-8-23-20(7-1)16-26-25(23)11-12-30-27(26)18-28-32-21(14-19-6-2-4-9-24(19)32)15-22-17-29-31(10-5-13-34-29)35(30)33(22)28/h1-13,15H,14,16-18H2. The topological polar surface area (TPSA) is 16.1 Å². The van der Waals surface area contributed by atoms with Gasteiger partial charge in [0, 0.05) is 19.0 Å². The first-order chi connectivity index (χ1) is 17.3. The Balaban J connectivity index is 1.37. The Kier molecular flexibility index (Phi) is 3.27. The molecular formula is C33H22N2. The van der Waals surface area contributed by atoms with E-state index in [-0.39, 0.29) is 0 Å². The molecular weight excluding hydrogens is 424 g/mol. The molecule has 0 radical (unpaired) electrons. The molecule has 5 aromatic rings. The zero-order valence-electron chi connectivity index (χ0n) is 19.3. The first-order valence-electron chi connectivity index (χ1n) is 12.6. The van der Waals surface area contributed by atoms with Gasteiger partial charge in [-0.05, 0) is 92.2 Å². The number of benzene rings is 4. The Morgan fingerprint density at radius 2 is 1.37 bits per heavy atom. The van der Waals surface area contributed by atoms with E-state index in [1.54, 1.807) is 0 Å². The van der Waals surface area contributed by atoms with Crippen molar-refractivity contribution in [3.63, 3.8) is 0 Å². The molecule has 9 rings (SSSR count). The minimum atomic E-state index is 0.907. The van der Waals surface area contributed by atoms with Gasteiger partial charge in [0.15, 0.2) is 0 Å². The Morgan fingerprint density at radius 3 is 2.29 bits per heavy atom. The van der Waals surface area contributed by atoms with Gasteiger partial charge in [0.2, 0.25) is 0 Å². The quantitative estimate of drug-likeness (QED) is 0.240. The normalized spacial score (nSPS) is 14.9. The molecule has 0 spiro atoms. The molecule has 4 aliphatic rings. The molecule has 2 heteroatoms. The summed E-state index contributed by atoms with van der Waals surface area (Å²) in [4.78, 5) is 7.38. The van der Waals surface area contributed by atoms with Crippen LogP contribution in [0.3, 0.4) is 0 Å². The number of hydrogen-bond donors (Lipinski definition) is 0. The van der Waals surface area contributed by atoms with Crippen molar-refractivity contribution in [3.8, 4) is 22.3 Å². The minimum absolute atomic E-state index is 0.907. The van der Waals surface area contributed by atoms with Crippen molar-refractivity contribution in [2.24, 2.45) is 0 Å². The summed E-state index contributed by atoms with van der Waals surface area (Å²) in [6.07, 6.45) is 5.91.